The highest BCUT2D eigenvalue weighted by Gasteiger charge is 2.16. The molecule has 0 saturated carbocycles. The molecule has 0 radical (unpaired) electrons. The fourth-order valence-electron chi connectivity index (χ4n) is 2.12. The molecule has 0 fully saturated rings. The molecule has 3 aromatic rings. The summed E-state index contributed by atoms with van der Waals surface area (Å²) in [5.41, 5.74) is 1.27. The van der Waals surface area contributed by atoms with Crippen molar-refractivity contribution in [3.05, 3.63) is 57.0 Å². The molecule has 0 atom stereocenters. The molecule has 3 N–H and O–H groups in total. The van der Waals surface area contributed by atoms with E-state index >= 15 is 0 Å². The van der Waals surface area contributed by atoms with Crippen molar-refractivity contribution in [1.82, 2.24) is 14.9 Å². The number of thioether (sulfide) groups is 1. The van der Waals surface area contributed by atoms with E-state index in [1.165, 1.54) is 16.4 Å². The van der Waals surface area contributed by atoms with E-state index in [4.69, 9.17) is 29.0 Å². The molecule has 10 heteroatoms. The van der Waals surface area contributed by atoms with Crippen LogP contribution in [0.2, 0.25) is 10.0 Å². The van der Waals surface area contributed by atoms with Crippen molar-refractivity contribution in [2.24, 2.45) is 0 Å². The van der Waals surface area contributed by atoms with Crippen molar-refractivity contribution in [1.29, 1.82) is 0 Å². The van der Waals surface area contributed by atoms with E-state index in [0.29, 0.717) is 32.3 Å². The van der Waals surface area contributed by atoms with Crippen LogP contribution < -0.4 is 11.2 Å². The molecule has 0 aliphatic rings. The van der Waals surface area contributed by atoms with Gasteiger partial charge in [-0.05, 0) is 36.4 Å². The van der Waals surface area contributed by atoms with Crippen molar-refractivity contribution in [3.8, 4) is 11.4 Å². The van der Waals surface area contributed by atoms with E-state index in [-0.39, 0.29) is 11.7 Å². The zero-order chi connectivity index (χ0) is 18.7. The van der Waals surface area contributed by atoms with Crippen LogP contribution in [0.5, 0.6) is 0 Å². The summed E-state index contributed by atoms with van der Waals surface area (Å²) in [4.78, 5) is 12.1. The highest BCUT2D eigenvalue weighted by Crippen LogP contribution is 2.30. The highest BCUT2D eigenvalue weighted by molar-refractivity contribution is 9.10. The van der Waals surface area contributed by atoms with Crippen LogP contribution in [0.1, 0.15) is 0 Å². The third-order valence-electron chi connectivity index (χ3n) is 3.27. The molecule has 2 aromatic carbocycles. The molecule has 0 bridgehead atoms. The smallest absolute Gasteiger partial charge is 0.234 e. The summed E-state index contributed by atoms with van der Waals surface area (Å²) < 4.78 is 2.17. The molecule has 134 valence electrons. The zero-order valence-electron chi connectivity index (χ0n) is 13.1. The summed E-state index contributed by atoms with van der Waals surface area (Å²) in [5.74, 6) is 6.36. The monoisotopic (exact) mass is 471 g/mol. The van der Waals surface area contributed by atoms with Crippen LogP contribution in [-0.4, -0.2) is 26.5 Å². The van der Waals surface area contributed by atoms with Crippen molar-refractivity contribution in [2.75, 3.05) is 16.9 Å². The fourth-order valence-corrected chi connectivity index (χ4v) is 3.55. The summed E-state index contributed by atoms with van der Waals surface area (Å²) in [5, 5.41) is 12.2. The molecule has 0 aliphatic carbocycles. The Bertz CT molecular complexity index is 966. The van der Waals surface area contributed by atoms with E-state index in [1.54, 1.807) is 24.3 Å². The van der Waals surface area contributed by atoms with Crippen molar-refractivity contribution >= 4 is 62.5 Å². The van der Waals surface area contributed by atoms with Crippen LogP contribution in [0, 0.1) is 0 Å². The first-order chi connectivity index (χ1) is 12.4. The number of nitrogen functional groups attached to an aromatic ring is 1. The van der Waals surface area contributed by atoms with Crippen molar-refractivity contribution in [3.63, 3.8) is 0 Å². The van der Waals surface area contributed by atoms with Gasteiger partial charge in [-0.3, -0.25) is 4.79 Å². The molecule has 0 aliphatic heterocycles. The van der Waals surface area contributed by atoms with Gasteiger partial charge in [-0.1, -0.05) is 57.0 Å². The maximum atomic E-state index is 12.1. The van der Waals surface area contributed by atoms with Crippen LogP contribution >= 0.6 is 50.9 Å². The van der Waals surface area contributed by atoms with Crippen LogP contribution in [0.4, 0.5) is 5.69 Å². The molecule has 1 amide bonds. The number of amides is 1. The second-order valence-electron chi connectivity index (χ2n) is 5.15. The minimum atomic E-state index is -0.182. The summed E-state index contributed by atoms with van der Waals surface area (Å²) in [6, 6.07) is 12.3. The number of carbonyl (C=O) groups excluding carboxylic acids is 1. The van der Waals surface area contributed by atoms with Gasteiger partial charge in [0.05, 0.1) is 10.8 Å². The summed E-state index contributed by atoms with van der Waals surface area (Å²) >= 11 is 16.7. The largest absolute Gasteiger partial charge is 0.335 e. The number of halogens is 3. The van der Waals surface area contributed by atoms with Gasteiger partial charge in [0.2, 0.25) is 11.1 Å². The first kappa shape index (κ1) is 19.0. The van der Waals surface area contributed by atoms with Gasteiger partial charge in [-0.25, -0.2) is 4.68 Å². The molecular weight excluding hydrogens is 461 g/mol. The van der Waals surface area contributed by atoms with Crippen LogP contribution in [0.3, 0.4) is 0 Å². The lowest BCUT2D eigenvalue weighted by Crippen LogP contribution is -2.16. The Balaban J connectivity index is 1.69. The predicted octanol–water partition coefficient (Wildman–Crippen LogP) is 4.46. The van der Waals surface area contributed by atoms with E-state index in [2.05, 4.69) is 31.4 Å². The normalized spacial score (nSPS) is 10.7. The second-order valence-corrected chi connectivity index (χ2v) is 7.85. The molecule has 0 spiro atoms. The van der Waals surface area contributed by atoms with Gasteiger partial charge >= 0.3 is 0 Å². The van der Waals surface area contributed by atoms with Gasteiger partial charge in [0.15, 0.2) is 5.82 Å². The van der Waals surface area contributed by atoms with Gasteiger partial charge in [-0.15, -0.1) is 10.2 Å². The third kappa shape index (κ3) is 4.50. The topological polar surface area (TPSA) is 85.8 Å². The number of hydrogen-bond donors (Lipinski definition) is 2. The summed E-state index contributed by atoms with van der Waals surface area (Å²) in [7, 11) is 0. The molecule has 6 nitrogen and oxygen atoms in total. The molecular formula is C16H12BrCl2N5OS. The zero-order valence-corrected chi connectivity index (χ0v) is 17.0. The van der Waals surface area contributed by atoms with Gasteiger partial charge in [0.25, 0.3) is 0 Å². The van der Waals surface area contributed by atoms with Gasteiger partial charge < -0.3 is 11.2 Å². The lowest BCUT2D eigenvalue weighted by molar-refractivity contribution is -0.113. The standard InChI is InChI=1S/C16H12BrCl2N5OS/c17-9-2-1-3-11(6-9)21-14(25)8-26-16-23-22-15(24(16)20)12-7-10(18)4-5-13(12)19/h1-7H,8,20H2,(H,21,25). The number of nitrogens with one attached hydrogen (secondary N) is 1. The van der Waals surface area contributed by atoms with Gasteiger partial charge in [0.1, 0.15) is 0 Å². The number of hydrogen-bond acceptors (Lipinski definition) is 5. The van der Waals surface area contributed by atoms with E-state index in [1.807, 2.05) is 18.2 Å². The van der Waals surface area contributed by atoms with Crippen LogP contribution in [0.25, 0.3) is 11.4 Å². The quantitative estimate of drug-likeness (QED) is 0.423. The van der Waals surface area contributed by atoms with E-state index in [9.17, 15) is 4.79 Å². The number of nitrogens with zero attached hydrogens (tertiary/aromatic N) is 3. The summed E-state index contributed by atoms with van der Waals surface area (Å²) in [6.45, 7) is 0. The average molecular weight is 473 g/mol. The predicted molar refractivity (Wildman–Crippen MR) is 109 cm³/mol. The lowest BCUT2D eigenvalue weighted by atomic mass is 10.2. The van der Waals surface area contributed by atoms with Crippen molar-refractivity contribution < 1.29 is 4.79 Å². The lowest BCUT2D eigenvalue weighted by Gasteiger charge is -2.07. The number of carbonyl (C=O) groups is 1. The maximum Gasteiger partial charge on any atom is 0.234 e. The van der Waals surface area contributed by atoms with Crippen molar-refractivity contribution in [2.45, 2.75) is 5.16 Å². The van der Waals surface area contributed by atoms with Crippen LogP contribution in [0.15, 0.2) is 52.1 Å². The SMILES string of the molecule is Nn1c(SCC(=O)Nc2cccc(Br)c2)nnc1-c1cc(Cl)ccc1Cl. The Morgan fingerprint density at radius 2 is 2.04 bits per heavy atom. The molecule has 0 unspecified atom stereocenters. The van der Waals surface area contributed by atoms with Gasteiger partial charge in [-0.2, -0.15) is 0 Å². The molecule has 0 saturated heterocycles. The van der Waals surface area contributed by atoms with Gasteiger partial charge in [0, 0.05) is 20.7 Å². The fraction of sp³-hybridized carbons (Fsp3) is 0.0625. The average Bonchev–Trinajstić information content (AvgIpc) is 2.96. The molecule has 1 heterocycles. The van der Waals surface area contributed by atoms with E-state index in [0.717, 1.165) is 4.47 Å². The Morgan fingerprint density at radius 1 is 1.23 bits per heavy atom. The number of anilines is 1. The number of benzene rings is 2. The maximum absolute atomic E-state index is 12.1. The minimum Gasteiger partial charge on any atom is -0.335 e. The second kappa shape index (κ2) is 8.30. The van der Waals surface area contributed by atoms with Crippen LogP contribution in [-0.2, 0) is 4.79 Å². The molecule has 26 heavy (non-hydrogen) atoms. The number of rotatable bonds is 5. The summed E-state index contributed by atoms with van der Waals surface area (Å²) in [6.07, 6.45) is 0. The first-order valence-electron chi connectivity index (χ1n) is 7.28. The minimum absolute atomic E-state index is 0.130. The third-order valence-corrected chi connectivity index (χ3v) is 5.28. The Labute approximate surface area is 172 Å². The number of nitrogens with two attached hydrogens (primary N) is 1. The Hall–Kier alpha value is -1.74. The number of aromatic nitrogens is 3. The van der Waals surface area contributed by atoms with E-state index < -0.39 is 0 Å². The molecule has 3 rings (SSSR count). The molecule has 1 aromatic heterocycles. The first-order valence-corrected chi connectivity index (χ1v) is 9.81. The Kier molecular flexibility index (Phi) is 6.08. The highest BCUT2D eigenvalue weighted by atomic mass is 79.9. The Morgan fingerprint density at radius 3 is 2.81 bits per heavy atom.